The van der Waals surface area contributed by atoms with Gasteiger partial charge in [-0.2, -0.15) is 0 Å². The van der Waals surface area contributed by atoms with E-state index in [1.165, 1.54) is 6.26 Å². The molecule has 90 valence electrons. The summed E-state index contributed by atoms with van der Waals surface area (Å²) in [5, 5.41) is 3.29. The summed E-state index contributed by atoms with van der Waals surface area (Å²) in [7, 11) is -3.12. The molecule has 1 N–H and O–H groups in total. The van der Waals surface area contributed by atoms with Gasteiger partial charge in [-0.15, -0.1) is 0 Å². The molecule has 0 heterocycles. The molecule has 0 aliphatic heterocycles. The fraction of sp³-hybridized carbons (Fsp3) is 0.500. The van der Waals surface area contributed by atoms with E-state index in [4.69, 9.17) is 0 Å². The van der Waals surface area contributed by atoms with E-state index in [1.54, 1.807) is 18.2 Å². The van der Waals surface area contributed by atoms with Crippen molar-refractivity contribution in [3.63, 3.8) is 0 Å². The Bertz CT molecular complexity index is 452. The fourth-order valence-corrected chi connectivity index (χ4v) is 1.91. The van der Waals surface area contributed by atoms with Gasteiger partial charge in [0.25, 0.3) is 0 Å². The molecule has 4 heteroatoms. The van der Waals surface area contributed by atoms with E-state index in [2.05, 4.69) is 26.1 Å². The highest BCUT2D eigenvalue weighted by atomic mass is 32.2. The third-order valence-electron chi connectivity index (χ3n) is 2.66. The first-order chi connectivity index (χ1) is 7.30. The van der Waals surface area contributed by atoms with Crippen molar-refractivity contribution in [3.8, 4) is 0 Å². The maximum absolute atomic E-state index is 11.4. The molecular weight excluding hydrogens is 222 g/mol. The van der Waals surface area contributed by atoms with Gasteiger partial charge in [0.15, 0.2) is 9.84 Å². The molecule has 1 aromatic rings. The number of rotatable bonds is 4. The smallest absolute Gasteiger partial charge is 0.175 e. The zero-order valence-corrected chi connectivity index (χ0v) is 11.0. The van der Waals surface area contributed by atoms with Gasteiger partial charge >= 0.3 is 0 Å². The van der Waals surface area contributed by atoms with E-state index in [0.717, 1.165) is 5.69 Å². The molecule has 0 saturated carbocycles. The molecule has 0 aromatic heterocycles. The van der Waals surface area contributed by atoms with Gasteiger partial charge in [0.05, 0.1) is 4.90 Å². The Balaban J connectivity index is 2.92. The summed E-state index contributed by atoms with van der Waals surface area (Å²) < 4.78 is 22.8. The molecule has 0 saturated heterocycles. The molecule has 0 aliphatic rings. The summed E-state index contributed by atoms with van der Waals surface area (Å²) in [4.78, 5) is 0.355. The van der Waals surface area contributed by atoms with Crippen LogP contribution in [0.15, 0.2) is 29.2 Å². The summed E-state index contributed by atoms with van der Waals surface area (Å²) in [5.41, 5.74) is 0.851. The van der Waals surface area contributed by atoms with Crippen LogP contribution in [0.25, 0.3) is 0 Å². The van der Waals surface area contributed by atoms with Crippen molar-refractivity contribution < 1.29 is 8.42 Å². The highest BCUT2D eigenvalue weighted by molar-refractivity contribution is 7.90. The van der Waals surface area contributed by atoms with Gasteiger partial charge in [0.2, 0.25) is 0 Å². The van der Waals surface area contributed by atoms with Crippen LogP contribution in [0.4, 0.5) is 5.69 Å². The first kappa shape index (κ1) is 13.0. The van der Waals surface area contributed by atoms with Gasteiger partial charge in [-0.05, 0) is 31.0 Å². The second-order valence-corrected chi connectivity index (χ2v) is 6.49. The molecule has 0 bridgehead atoms. The molecule has 1 aromatic carbocycles. The van der Waals surface area contributed by atoms with Crippen LogP contribution in [0, 0.1) is 5.92 Å². The van der Waals surface area contributed by atoms with Gasteiger partial charge in [0.1, 0.15) is 0 Å². The zero-order chi connectivity index (χ0) is 12.3. The monoisotopic (exact) mass is 241 g/mol. The van der Waals surface area contributed by atoms with Gasteiger partial charge in [-0.1, -0.05) is 19.9 Å². The van der Waals surface area contributed by atoms with E-state index in [0.29, 0.717) is 16.9 Å². The number of hydrogen-bond acceptors (Lipinski definition) is 3. The number of hydrogen-bond donors (Lipinski definition) is 1. The van der Waals surface area contributed by atoms with E-state index >= 15 is 0 Å². The Labute approximate surface area is 97.8 Å². The lowest BCUT2D eigenvalue weighted by Gasteiger charge is -2.19. The lowest BCUT2D eigenvalue weighted by atomic mass is 10.1. The van der Waals surface area contributed by atoms with Crippen LogP contribution in [0.5, 0.6) is 0 Å². The van der Waals surface area contributed by atoms with Crippen LogP contribution >= 0.6 is 0 Å². The number of benzene rings is 1. The SMILES string of the molecule is CC(C)C(C)Nc1cccc(S(C)(=O)=O)c1. The molecule has 0 radical (unpaired) electrons. The van der Waals surface area contributed by atoms with Crippen molar-refractivity contribution in [2.75, 3.05) is 11.6 Å². The largest absolute Gasteiger partial charge is 0.382 e. The summed E-state index contributed by atoms with van der Waals surface area (Å²) in [5.74, 6) is 0.502. The van der Waals surface area contributed by atoms with E-state index in [1.807, 2.05) is 6.07 Å². The fourth-order valence-electron chi connectivity index (χ4n) is 1.25. The van der Waals surface area contributed by atoms with Crippen molar-refractivity contribution in [1.82, 2.24) is 0 Å². The molecule has 0 spiro atoms. The van der Waals surface area contributed by atoms with Crippen LogP contribution in [0.3, 0.4) is 0 Å². The van der Waals surface area contributed by atoms with Crippen LogP contribution in [-0.2, 0) is 9.84 Å². The van der Waals surface area contributed by atoms with E-state index < -0.39 is 9.84 Å². The van der Waals surface area contributed by atoms with Crippen LogP contribution < -0.4 is 5.32 Å². The standard InChI is InChI=1S/C12H19NO2S/c1-9(2)10(3)13-11-6-5-7-12(8-11)16(4,14)15/h5-10,13H,1-4H3. The van der Waals surface area contributed by atoms with Crippen LogP contribution in [0.1, 0.15) is 20.8 Å². The summed E-state index contributed by atoms with van der Waals surface area (Å²) in [6.45, 7) is 6.33. The molecule has 1 unspecified atom stereocenters. The lowest BCUT2D eigenvalue weighted by Crippen LogP contribution is -2.21. The molecule has 1 atom stereocenters. The quantitative estimate of drug-likeness (QED) is 0.881. The normalized spacial score (nSPS) is 13.8. The summed E-state index contributed by atoms with van der Waals surface area (Å²) in [6, 6.07) is 7.24. The second kappa shape index (κ2) is 4.87. The van der Waals surface area contributed by atoms with Gasteiger partial charge in [-0.3, -0.25) is 0 Å². The molecule has 1 rings (SSSR count). The lowest BCUT2D eigenvalue weighted by molar-refractivity contribution is 0.560. The van der Waals surface area contributed by atoms with E-state index in [9.17, 15) is 8.42 Å². The number of nitrogens with one attached hydrogen (secondary N) is 1. The molecular formula is C12H19NO2S. The Morgan fingerprint density at radius 3 is 2.31 bits per heavy atom. The first-order valence-electron chi connectivity index (χ1n) is 5.37. The minimum Gasteiger partial charge on any atom is -0.382 e. The Morgan fingerprint density at radius 2 is 1.81 bits per heavy atom. The predicted octanol–water partition coefficient (Wildman–Crippen LogP) is 2.55. The molecule has 0 fully saturated rings. The average Bonchev–Trinajstić information content (AvgIpc) is 2.16. The molecule has 0 aliphatic carbocycles. The van der Waals surface area contributed by atoms with Gasteiger partial charge in [0, 0.05) is 18.0 Å². The van der Waals surface area contributed by atoms with Crippen molar-refractivity contribution in [2.24, 2.45) is 5.92 Å². The van der Waals surface area contributed by atoms with Crippen LogP contribution in [0.2, 0.25) is 0 Å². The van der Waals surface area contributed by atoms with Crippen LogP contribution in [-0.4, -0.2) is 20.7 Å². The number of sulfone groups is 1. The number of anilines is 1. The first-order valence-corrected chi connectivity index (χ1v) is 7.26. The van der Waals surface area contributed by atoms with E-state index in [-0.39, 0.29) is 0 Å². The zero-order valence-electron chi connectivity index (χ0n) is 10.2. The maximum Gasteiger partial charge on any atom is 0.175 e. The Hall–Kier alpha value is -1.03. The van der Waals surface area contributed by atoms with Crippen molar-refractivity contribution in [3.05, 3.63) is 24.3 Å². The van der Waals surface area contributed by atoms with Crippen molar-refractivity contribution >= 4 is 15.5 Å². The van der Waals surface area contributed by atoms with Gasteiger partial charge in [-0.25, -0.2) is 8.42 Å². The summed E-state index contributed by atoms with van der Waals surface area (Å²) in [6.07, 6.45) is 1.22. The summed E-state index contributed by atoms with van der Waals surface area (Å²) >= 11 is 0. The average molecular weight is 241 g/mol. The third-order valence-corrected chi connectivity index (χ3v) is 3.77. The predicted molar refractivity (Wildman–Crippen MR) is 67.5 cm³/mol. The second-order valence-electron chi connectivity index (χ2n) is 4.48. The highest BCUT2D eigenvalue weighted by Gasteiger charge is 2.10. The highest BCUT2D eigenvalue weighted by Crippen LogP contribution is 2.17. The van der Waals surface area contributed by atoms with Gasteiger partial charge < -0.3 is 5.32 Å². The Kier molecular flexibility index (Phi) is 3.97. The van der Waals surface area contributed by atoms with Crippen molar-refractivity contribution in [2.45, 2.75) is 31.7 Å². The minimum atomic E-state index is -3.12. The third kappa shape index (κ3) is 3.52. The molecule has 3 nitrogen and oxygen atoms in total. The maximum atomic E-state index is 11.4. The molecule has 16 heavy (non-hydrogen) atoms. The molecule has 0 amide bonds. The topological polar surface area (TPSA) is 46.2 Å². The minimum absolute atomic E-state index is 0.315. The Morgan fingerprint density at radius 1 is 1.19 bits per heavy atom. The van der Waals surface area contributed by atoms with Crippen molar-refractivity contribution in [1.29, 1.82) is 0 Å².